The van der Waals surface area contributed by atoms with Crippen molar-refractivity contribution in [2.24, 2.45) is 5.10 Å². The quantitative estimate of drug-likeness (QED) is 0.289. The Balaban J connectivity index is 1.16. The zero-order chi connectivity index (χ0) is 29.9. The first-order chi connectivity index (χ1) is 20.9. The van der Waals surface area contributed by atoms with Gasteiger partial charge in [-0.1, -0.05) is 12.1 Å². The number of benzene rings is 3. The van der Waals surface area contributed by atoms with Crippen molar-refractivity contribution in [1.29, 1.82) is 5.26 Å². The number of hydrogen-bond donors (Lipinski definition) is 1. The predicted octanol–water partition coefficient (Wildman–Crippen LogP) is 4.39. The molecule has 12 heteroatoms. The number of halogens is 1. The first-order valence-corrected chi connectivity index (χ1v) is 13.8. The fourth-order valence-corrected chi connectivity index (χ4v) is 5.11. The molecule has 0 radical (unpaired) electrons. The van der Waals surface area contributed by atoms with Gasteiger partial charge in [-0.3, -0.25) is 5.01 Å². The number of nitrogens with zero attached hydrogens (tertiary/aromatic N) is 6. The molecular weight excluding hydrogens is 555 g/mol. The van der Waals surface area contributed by atoms with Gasteiger partial charge < -0.3 is 28.8 Å². The van der Waals surface area contributed by atoms with Crippen molar-refractivity contribution in [3.05, 3.63) is 82.9 Å². The minimum Gasteiger partial charge on any atom is -0.496 e. The number of nitriles is 1. The number of anilines is 1. The highest BCUT2D eigenvalue weighted by Crippen LogP contribution is 2.28. The van der Waals surface area contributed by atoms with Crippen molar-refractivity contribution >= 4 is 29.0 Å². The molecule has 2 aliphatic heterocycles. The van der Waals surface area contributed by atoms with Crippen molar-refractivity contribution in [3.63, 3.8) is 0 Å². The lowest BCUT2D eigenvalue weighted by molar-refractivity contribution is -0.0592. The van der Waals surface area contributed by atoms with Gasteiger partial charge in [0.15, 0.2) is 5.82 Å². The van der Waals surface area contributed by atoms with Gasteiger partial charge >= 0.3 is 5.97 Å². The molecular formula is C31H29FN6O5. The van der Waals surface area contributed by atoms with E-state index < -0.39 is 11.8 Å². The summed E-state index contributed by atoms with van der Waals surface area (Å²) in [7, 11) is 1.56. The maximum absolute atomic E-state index is 14.9. The zero-order valence-corrected chi connectivity index (χ0v) is 23.4. The SMILES string of the molecule is COc1cc(C#N)ccc1COc1cccc(N2C=NN(Cc3nc4c(F)cc(C(=O)O)cc4n3CC3CCO3)CC2)c1. The van der Waals surface area contributed by atoms with Crippen molar-refractivity contribution in [1.82, 2.24) is 14.6 Å². The lowest BCUT2D eigenvalue weighted by atomic mass is 10.1. The number of carboxylic acids is 1. The second-order valence-electron chi connectivity index (χ2n) is 10.3. The number of imidazole rings is 1. The molecule has 1 N–H and O–H groups in total. The highest BCUT2D eigenvalue weighted by atomic mass is 19.1. The van der Waals surface area contributed by atoms with Gasteiger partial charge in [0.1, 0.15) is 35.8 Å². The summed E-state index contributed by atoms with van der Waals surface area (Å²) >= 11 is 0. The number of carbonyl (C=O) groups is 1. The number of hydrazone groups is 1. The summed E-state index contributed by atoms with van der Waals surface area (Å²) in [5, 5.41) is 25.0. The van der Waals surface area contributed by atoms with E-state index in [1.807, 2.05) is 44.8 Å². The Morgan fingerprint density at radius 3 is 2.77 bits per heavy atom. The summed E-state index contributed by atoms with van der Waals surface area (Å²) in [5.74, 6) is -0.00509. The molecule has 43 heavy (non-hydrogen) atoms. The summed E-state index contributed by atoms with van der Waals surface area (Å²) < 4.78 is 33.7. The predicted molar refractivity (Wildman–Crippen MR) is 156 cm³/mol. The Hall–Kier alpha value is -5.15. The standard InChI is InChI=1S/C31H29FN6O5/c1-41-28-11-20(15-33)5-6-21(28)18-43-24-4-2-3-23(14-24)36-8-9-37(34-19-36)17-29-35-30-26(32)12-22(31(39)40)13-27(30)38(29)16-25-7-10-42-25/h2-6,11-14,19,25H,7-10,16-18H2,1H3,(H,39,40). The number of carboxylic acid groups (broad SMARTS) is 1. The molecule has 3 aromatic carbocycles. The van der Waals surface area contributed by atoms with E-state index in [0.717, 1.165) is 23.7 Å². The fraction of sp³-hybridized carbons (Fsp3) is 0.290. The van der Waals surface area contributed by atoms with Crippen LogP contribution in [-0.2, 0) is 24.4 Å². The normalized spacial score (nSPS) is 16.2. The Kier molecular flexibility index (Phi) is 7.81. The number of ether oxygens (including phenoxy) is 3. The third-order valence-corrected chi connectivity index (χ3v) is 7.55. The number of fused-ring (bicyclic) bond motifs is 1. The average molecular weight is 585 g/mol. The summed E-state index contributed by atoms with van der Waals surface area (Å²) in [6.07, 6.45) is 2.58. The van der Waals surface area contributed by atoms with E-state index in [0.29, 0.717) is 61.2 Å². The van der Waals surface area contributed by atoms with Gasteiger partial charge in [-0.05, 0) is 42.8 Å². The molecule has 0 bridgehead atoms. The monoisotopic (exact) mass is 584 g/mol. The Bertz CT molecular complexity index is 1740. The molecule has 6 rings (SSSR count). The van der Waals surface area contributed by atoms with Crippen LogP contribution in [0.2, 0.25) is 0 Å². The number of rotatable bonds is 10. The Labute approximate surface area is 246 Å². The second kappa shape index (κ2) is 12.0. The van der Waals surface area contributed by atoms with Crippen LogP contribution in [0, 0.1) is 17.1 Å². The number of methoxy groups -OCH3 is 1. The molecule has 3 heterocycles. The first-order valence-electron chi connectivity index (χ1n) is 13.8. The minimum absolute atomic E-state index is 0.0273. The molecule has 1 fully saturated rings. The van der Waals surface area contributed by atoms with E-state index in [-0.39, 0.29) is 23.8 Å². The molecule has 1 unspecified atom stereocenters. The van der Waals surface area contributed by atoms with Crippen molar-refractivity contribution in [3.8, 4) is 17.6 Å². The lowest BCUT2D eigenvalue weighted by Gasteiger charge is -2.31. The maximum Gasteiger partial charge on any atom is 0.335 e. The minimum atomic E-state index is -1.20. The second-order valence-corrected chi connectivity index (χ2v) is 10.3. The van der Waals surface area contributed by atoms with Gasteiger partial charge in [0.05, 0.1) is 55.6 Å². The number of aromatic carboxylic acids is 1. The summed E-state index contributed by atoms with van der Waals surface area (Å²) in [6, 6.07) is 17.5. The van der Waals surface area contributed by atoms with Crippen LogP contribution in [0.3, 0.4) is 0 Å². The van der Waals surface area contributed by atoms with E-state index in [1.54, 1.807) is 25.6 Å². The molecule has 220 valence electrons. The Morgan fingerprint density at radius 1 is 1.21 bits per heavy atom. The van der Waals surface area contributed by atoms with E-state index in [4.69, 9.17) is 19.5 Å². The van der Waals surface area contributed by atoms with Gasteiger partial charge in [0.25, 0.3) is 0 Å². The maximum atomic E-state index is 14.9. The third kappa shape index (κ3) is 5.93. The van der Waals surface area contributed by atoms with Crippen molar-refractivity contribution in [2.75, 3.05) is 31.7 Å². The van der Waals surface area contributed by atoms with Gasteiger partial charge in [-0.2, -0.15) is 10.4 Å². The van der Waals surface area contributed by atoms with Gasteiger partial charge in [-0.15, -0.1) is 0 Å². The largest absolute Gasteiger partial charge is 0.496 e. The van der Waals surface area contributed by atoms with Crippen LogP contribution >= 0.6 is 0 Å². The van der Waals surface area contributed by atoms with Crippen molar-refractivity contribution < 1.29 is 28.5 Å². The van der Waals surface area contributed by atoms with E-state index in [1.165, 1.54) is 6.07 Å². The van der Waals surface area contributed by atoms with Crippen molar-refractivity contribution in [2.45, 2.75) is 32.2 Å². The van der Waals surface area contributed by atoms with Gasteiger partial charge in [-0.25, -0.2) is 14.2 Å². The Morgan fingerprint density at radius 2 is 2.07 bits per heavy atom. The van der Waals surface area contributed by atoms with Gasteiger partial charge in [0.2, 0.25) is 0 Å². The molecule has 0 amide bonds. The topological polar surface area (TPSA) is 125 Å². The van der Waals surface area contributed by atoms with Crippen LogP contribution in [0.1, 0.15) is 33.7 Å². The third-order valence-electron chi connectivity index (χ3n) is 7.55. The molecule has 2 aliphatic rings. The number of aromatic nitrogens is 2. The summed E-state index contributed by atoms with van der Waals surface area (Å²) in [4.78, 5) is 18.1. The molecule has 1 atom stereocenters. The highest BCUT2D eigenvalue weighted by molar-refractivity contribution is 5.92. The van der Waals surface area contributed by atoms with Crippen LogP contribution < -0.4 is 14.4 Å². The zero-order valence-electron chi connectivity index (χ0n) is 23.4. The first kappa shape index (κ1) is 28.0. The van der Waals surface area contributed by atoms with Gasteiger partial charge in [0, 0.05) is 30.5 Å². The summed E-state index contributed by atoms with van der Waals surface area (Å²) in [6.45, 7) is 2.95. The molecule has 4 aromatic rings. The van der Waals surface area contributed by atoms with E-state index in [2.05, 4.69) is 16.2 Å². The van der Waals surface area contributed by atoms with E-state index in [9.17, 15) is 14.3 Å². The van der Waals surface area contributed by atoms with Crippen LogP contribution in [0.5, 0.6) is 11.5 Å². The lowest BCUT2D eigenvalue weighted by Crippen LogP contribution is -2.38. The molecule has 0 spiro atoms. The molecule has 1 aromatic heterocycles. The molecule has 11 nitrogen and oxygen atoms in total. The molecule has 0 saturated carbocycles. The molecule has 0 aliphatic carbocycles. The highest BCUT2D eigenvalue weighted by Gasteiger charge is 2.25. The summed E-state index contributed by atoms with van der Waals surface area (Å²) in [5.41, 5.74) is 2.70. The van der Waals surface area contributed by atoms with Crippen LogP contribution in [0.15, 0.2) is 59.7 Å². The van der Waals surface area contributed by atoms with Crippen LogP contribution in [0.4, 0.5) is 10.1 Å². The number of hydrogen-bond acceptors (Lipinski definition) is 9. The van der Waals surface area contributed by atoms with E-state index >= 15 is 0 Å². The average Bonchev–Trinajstić information content (AvgIpc) is 3.35. The van der Waals surface area contributed by atoms with Crippen LogP contribution in [0.25, 0.3) is 11.0 Å². The van der Waals surface area contributed by atoms with Crippen LogP contribution in [-0.4, -0.2) is 64.9 Å². The fourth-order valence-electron chi connectivity index (χ4n) is 5.11. The smallest absolute Gasteiger partial charge is 0.335 e. The molecule has 1 saturated heterocycles.